The zero-order valence-electron chi connectivity index (χ0n) is 13.2. The number of benzene rings is 1. The van der Waals surface area contributed by atoms with Crippen LogP contribution in [-0.4, -0.2) is 18.1 Å². The minimum atomic E-state index is -0.579. The van der Waals surface area contributed by atoms with Crippen molar-refractivity contribution in [2.24, 2.45) is 5.73 Å². The van der Waals surface area contributed by atoms with Gasteiger partial charge < -0.3 is 15.8 Å². The van der Waals surface area contributed by atoms with E-state index < -0.39 is 6.10 Å². The Morgan fingerprint density at radius 2 is 1.95 bits per heavy atom. The Hall–Kier alpha value is -1.26. The summed E-state index contributed by atoms with van der Waals surface area (Å²) in [5.41, 5.74) is 6.72. The molecule has 0 aromatic heterocycles. The van der Waals surface area contributed by atoms with Crippen molar-refractivity contribution in [1.29, 1.82) is 0 Å². The van der Waals surface area contributed by atoms with Crippen molar-refractivity contribution >= 4 is 17.5 Å². The lowest BCUT2D eigenvalue weighted by Crippen LogP contribution is -2.42. The number of hydrogen-bond donors (Lipinski definition) is 2. The summed E-state index contributed by atoms with van der Waals surface area (Å²) in [5, 5.41) is 3.58. The van der Waals surface area contributed by atoms with Crippen LogP contribution in [0.25, 0.3) is 0 Å². The van der Waals surface area contributed by atoms with Crippen LogP contribution < -0.4 is 15.8 Å². The Labute approximate surface area is 132 Å². The van der Waals surface area contributed by atoms with Gasteiger partial charge in [-0.1, -0.05) is 25.4 Å². The molecule has 5 heteroatoms. The highest BCUT2D eigenvalue weighted by atomic mass is 35.5. The molecule has 1 aromatic rings. The van der Waals surface area contributed by atoms with Crippen molar-refractivity contribution in [3.8, 4) is 5.75 Å². The lowest BCUT2D eigenvalue weighted by molar-refractivity contribution is -0.128. The summed E-state index contributed by atoms with van der Waals surface area (Å²) < 4.78 is 5.76. The van der Waals surface area contributed by atoms with Crippen LogP contribution >= 0.6 is 11.6 Å². The topological polar surface area (TPSA) is 64.3 Å². The number of nitrogens with one attached hydrogen (secondary N) is 1. The van der Waals surface area contributed by atoms with E-state index in [0.717, 1.165) is 18.4 Å². The molecule has 0 bridgehead atoms. The number of halogens is 1. The molecule has 0 saturated carbocycles. The largest absolute Gasteiger partial charge is 0.481 e. The first-order valence-electron chi connectivity index (χ1n) is 7.41. The van der Waals surface area contributed by atoms with Crippen molar-refractivity contribution in [2.75, 3.05) is 0 Å². The van der Waals surface area contributed by atoms with Gasteiger partial charge in [-0.3, -0.25) is 4.79 Å². The van der Waals surface area contributed by atoms with Gasteiger partial charge in [-0.25, -0.2) is 0 Å². The van der Waals surface area contributed by atoms with Gasteiger partial charge in [0.15, 0.2) is 6.10 Å². The molecular weight excluding hydrogens is 288 g/mol. The molecule has 1 aromatic carbocycles. The molecule has 0 radical (unpaired) electrons. The van der Waals surface area contributed by atoms with Gasteiger partial charge >= 0.3 is 0 Å². The Morgan fingerprint density at radius 3 is 2.48 bits per heavy atom. The molecule has 0 aliphatic carbocycles. The molecule has 0 aliphatic heterocycles. The van der Waals surface area contributed by atoms with E-state index in [0.29, 0.717) is 10.8 Å². The van der Waals surface area contributed by atoms with Crippen molar-refractivity contribution in [3.63, 3.8) is 0 Å². The van der Waals surface area contributed by atoms with Crippen LogP contribution in [0.15, 0.2) is 18.2 Å². The van der Waals surface area contributed by atoms with Crippen LogP contribution in [0.5, 0.6) is 5.75 Å². The average molecular weight is 313 g/mol. The van der Waals surface area contributed by atoms with Gasteiger partial charge in [0.2, 0.25) is 0 Å². The van der Waals surface area contributed by atoms with E-state index in [1.165, 1.54) is 0 Å². The molecule has 118 valence electrons. The van der Waals surface area contributed by atoms with Crippen LogP contribution in [0.2, 0.25) is 5.02 Å². The maximum atomic E-state index is 12.1. The normalized spacial score (nSPS) is 13.9. The second-order valence-corrected chi connectivity index (χ2v) is 5.69. The van der Waals surface area contributed by atoms with Gasteiger partial charge in [0.25, 0.3) is 5.91 Å². The number of carbonyl (C=O) groups is 1. The summed E-state index contributed by atoms with van der Waals surface area (Å²) in [6.45, 7) is 7.69. The van der Waals surface area contributed by atoms with Crippen LogP contribution in [0.3, 0.4) is 0 Å². The van der Waals surface area contributed by atoms with Crippen molar-refractivity contribution in [2.45, 2.75) is 58.7 Å². The third kappa shape index (κ3) is 5.21. The standard InChI is InChI=1S/C16H25ClN2O2/c1-5-13(6-2)19-16(20)11(4)21-15-8-7-12(17)9-14(15)10(3)18/h7-11,13H,5-6,18H2,1-4H3,(H,19,20). The number of ether oxygens (including phenoxy) is 1. The number of carbonyl (C=O) groups excluding carboxylic acids is 1. The summed E-state index contributed by atoms with van der Waals surface area (Å²) >= 11 is 5.98. The monoisotopic (exact) mass is 312 g/mol. The molecule has 4 nitrogen and oxygen atoms in total. The predicted octanol–water partition coefficient (Wildman–Crippen LogP) is 3.43. The number of hydrogen-bond acceptors (Lipinski definition) is 3. The SMILES string of the molecule is CCC(CC)NC(=O)C(C)Oc1ccc(Cl)cc1C(C)N. The predicted molar refractivity (Wildman–Crippen MR) is 86.7 cm³/mol. The molecular formula is C16H25ClN2O2. The zero-order chi connectivity index (χ0) is 16.0. The van der Waals surface area contributed by atoms with Crippen LogP contribution in [0, 0.1) is 0 Å². The van der Waals surface area contributed by atoms with E-state index in [2.05, 4.69) is 5.32 Å². The fourth-order valence-electron chi connectivity index (χ4n) is 2.04. The molecule has 2 unspecified atom stereocenters. The fraction of sp³-hybridized carbons (Fsp3) is 0.562. The lowest BCUT2D eigenvalue weighted by Gasteiger charge is -2.21. The molecule has 0 heterocycles. The van der Waals surface area contributed by atoms with Crippen molar-refractivity contribution < 1.29 is 9.53 Å². The number of nitrogens with two attached hydrogens (primary N) is 1. The van der Waals surface area contributed by atoms with Gasteiger partial charge in [0.05, 0.1) is 0 Å². The Bertz CT molecular complexity index is 473. The number of rotatable bonds is 7. The third-order valence-corrected chi connectivity index (χ3v) is 3.70. The smallest absolute Gasteiger partial charge is 0.260 e. The molecule has 0 spiro atoms. The molecule has 0 fully saturated rings. The summed E-state index contributed by atoms with van der Waals surface area (Å²) in [4.78, 5) is 12.1. The highest BCUT2D eigenvalue weighted by Crippen LogP contribution is 2.28. The van der Waals surface area contributed by atoms with E-state index in [1.54, 1.807) is 25.1 Å². The highest BCUT2D eigenvalue weighted by molar-refractivity contribution is 6.30. The van der Waals surface area contributed by atoms with E-state index >= 15 is 0 Å². The highest BCUT2D eigenvalue weighted by Gasteiger charge is 2.19. The molecule has 0 saturated heterocycles. The quantitative estimate of drug-likeness (QED) is 0.810. The van der Waals surface area contributed by atoms with E-state index in [1.807, 2.05) is 20.8 Å². The molecule has 2 atom stereocenters. The first kappa shape index (κ1) is 17.8. The fourth-order valence-corrected chi connectivity index (χ4v) is 2.22. The zero-order valence-corrected chi connectivity index (χ0v) is 13.9. The molecule has 3 N–H and O–H groups in total. The number of amides is 1. The van der Waals surface area contributed by atoms with Crippen LogP contribution in [0.1, 0.15) is 52.1 Å². The second kappa shape index (κ2) is 8.25. The van der Waals surface area contributed by atoms with Gasteiger partial charge in [-0.2, -0.15) is 0 Å². The van der Waals surface area contributed by atoms with Gasteiger partial charge in [0.1, 0.15) is 5.75 Å². The molecule has 1 rings (SSSR count). The van der Waals surface area contributed by atoms with Crippen molar-refractivity contribution in [1.82, 2.24) is 5.32 Å². The van der Waals surface area contributed by atoms with Gasteiger partial charge in [-0.05, 0) is 44.9 Å². The van der Waals surface area contributed by atoms with Gasteiger partial charge in [0, 0.05) is 22.7 Å². The van der Waals surface area contributed by atoms with E-state index in [4.69, 9.17) is 22.1 Å². The van der Waals surface area contributed by atoms with Gasteiger partial charge in [-0.15, -0.1) is 0 Å². The van der Waals surface area contributed by atoms with Crippen LogP contribution in [-0.2, 0) is 4.79 Å². The lowest BCUT2D eigenvalue weighted by atomic mass is 10.1. The van der Waals surface area contributed by atoms with Crippen LogP contribution in [0.4, 0.5) is 0 Å². The minimum absolute atomic E-state index is 0.116. The maximum absolute atomic E-state index is 12.1. The van der Waals surface area contributed by atoms with Crippen molar-refractivity contribution in [3.05, 3.63) is 28.8 Å². The summed E-state index contributed by atoms with van der Waals surface area (Å²) in [6, 6.07) is 5.22. The Morgan fingerprint density at radius 1 is 1.33 bits per heavy atom. The Kier molecular flexibility index (Phi) is 6.99. The summed E-state index contributed by atoms with van der Waals surface area (Å²) in [7, 11) is 0. The van der Waals surface area contributed by atoms with E-state index in [-0.39, 0.29) is 18.0 Å². The second-order valence-electron chi connectivity index (χ2n) is 5.25. The Balaban J connectivity index is 2.78. The van der Waals surface area contributed by atoms with E-state index in [9.17, 15) is 4.79 Å². The molecule has 21 heavy (non-hydrogen) atoms. The summed E-state index contributed by atoms with van der Waals surface area (Å²) in [5.74, 6) is 0.482. The summed E-state index contributed by atoms with van der Waals surface area (Å²) in [6.07, 6.45) is 1.23. The average Bonchev–Trinajstić information content (AvgIpc) is 2.45. The third-order valence-electron chi connectivity index (χ3n) is 3.47. The molecule has 1 amide bonds. The first-order valence-corrected chi connectivity index (χ1v) is 7.78. The molecule has 0 aliphatic rings. The minimum Gasteiger partial charge on any atom is -0.481 e. The first-order chi connectivity index (χ1) is 9.88. The maximum Gasteiger partial charge on any atom is 0.260 e.